The van der Waals surface area contributed by atoms with Crippen molar-refractivity contribution >= 4 is 0 Å². The third-order valence-corrected chi connectivity index (χ3v) is 31.5. The molecule has 20 heteroatoms. The van der Waals surface area contributed by atoms with Gasteiger partial charge in [0.15, 0.2) is 0 Å². The summed E-state index contributed by atoms with van der Waals surface area (Å²) in [6.45, 7) is 31.4. The fourth-order valence-corrected chi connectivity index (χ4v) is 22.9. The highest BCUT2D eigenvalue weighted by atomic mass is 16.5. The van der Waals surface area contributed by atoms with Crippen LogP contribution in [0.5, 0.6) is 115 Å². The molecule has 6 N–H and O–H groups in total. The van der Waals surface area contributed by atoms with Crippen LogP contribution in [0.15, 0.2) is 200 Å². The van der Waals surface area contributed by atoms with Crippen LogP contribution >= 0.6 is 0 Å². The van der Waals surface area contributed by atoms with Crippen molar-refractivity contribution in [2.24, 2.45) is 0 Å². The molecule has 12 aliphatic heterocycles. The number of para-hydroxylation sites is 1. The summed E-state index contributed by atoms with van der Waals surface area (Å²) < 4.78 is 84.3. The molecule has 0 bridgehead atoms. The summed E-state index contributed by atoms with van der Waals surface area (Å²) in [6, 6.07) is 64.4. The zero-order chi connectivity index (χ0) is 102. The van der Waals surface area contributed by atoms with Gasteiger partial charge in [-0.15, -0.1) is 0 Å². The first-order valence-electron chi connectivity index (χ1n) is 52.2. The molecule has 24 rings (SSSR count). The van der Waals surface area contributed by atoms with Crippen molar-refractivity contribution in [3.63, 3.8) is 0 Å². The van der Waals surface area contributed by atoms with E-state index in [0.717, 1.165) is 237 Å². The number of phenols is 6. The van der Waals surface area contributed by atoms with Crippen molar-refractivity contribution in [1.82, 2.24) is 0 Å². The Labute approximate surface area is 854 Å². The second-order valence-corrected chi connectivity index (χ2v) is 44.4. The zero-order valence-electron chi connectivity index (χ0n) is 86.8. The van der Waals surface area contributed by atoms with Gasteiger partial charge in [0.2, 0.25) is 0 Å². The van der Waals surface area contributed by atoms with Gasteiger partial charge in [-0.1, -0.05) is 116 Å². The maximum Gasteiger partial charge on any atom is 0.129 e. The van der Waals surface area contributed by atoms with E-state index in [0.29, 0.717) is 80.1 Å². The zero-order valence-corrected chi connectivity index (χ0v) is 86.8. The molecule has 6 atom stereocenters. The summed E-state index contributed by atoms with van der Waals surface area (Å²) in [5.74, 6) is 16.4. The summed E-state index contributed by atoms with van der Waals surface area (Å²) in [6.07, 6.45) is 19.5. The summed E-state index contributed by atoms with van der Waals surface area (Å²) in [5.41, 5.74) is 21.3. The molecule has 0 saturated heterocycles. The van der Waals surface area contributed by atoms with Gasteiger partial charge in [-0.05, 0) is 346 Å². The molecule has 0 spiro atoms. The fourth-order valence-electron chi connectivity index (χ4n) is 22.9. The third kappa shape index (κ3) is 22.1. The number of rotatable bonds is 10. The number of aromatic hydroxyl groups is 6. The molecule has 20 nitrogen and oxygen atoms in total. The molecule has 0 aliphatic carbocycles. The van der Waals surface area contributed by atoms with E-state index in [1.165, 1.54) is 72.3 Å². The average molecular weight is 1960 g/mol. The van der Waals surface area contributed by atoms with Crippen molar-refractivity contribution in [3.05, 3.63) is 306 Å². The van der Waals surface area contributed by atoms with Crippen LogP contribution in [0.2, 0.25) is 0 Å². The van der Waals surface area contributed by atoms with Crippen molar-refractivity contribution in [2.75, 3.05) is 53.9 Å². The van der Waals surface area contributed by atoms with Crippen LogP contribution in [0.3, 0.4) is 0 Å². The summed E-state index contributed by atoms with van der Waals surface area (Å²) in [7, 11) is 3.24. The Morgan fingerprint density at radius 1 is 0.269 bits per heavy atom. The lowest BCUT2D eigenvalue weighted by molar-refractivity contribution is 0.0370. The number of aryl methyl sites for hydroxylation is 1. The largest absolute Gasteiger partial charge is 0.508 e. The van der Waals surface area contributed by atoms with Gasteiger partial charge in [0.1, 0.15) is 149 Å². The molecule has 0 radical (unpaired) electrons. The van der Waals surface area contributed by atoms with Crippen LogP contribution in [-0.2, 0) is 77.0 Å². The van der Waals surface area contributed by atoms with Crippen molar-refractivity contribution < 1.29 is 97.0 Å². The molecule has 145 heavy (non-hydrogen) atoms. The van der Waals surface area contributed by atoms with Crippen LogP contribution < -0.4 is 66.3 Å². The Morgan fingerprint density at radius 3 is 0.959 bits per heavy atom. The molecule has 12 aromatic rings. The van der Waals surface area contributed by atoms with Crippen LogP contribution in [0.4, 0.5) is 0 Å². The molecule has 12 heterocycles. The van der Waals surface area contributed by atoms with E-state index in [2.05, 4.69) is 175 Å². The van der Waals surface area contributed by atoms with Crippen LogP contribution in [-0.4, -0.2) is 118 Å². The molecular weight excluding hydrogens is 1820 g/mol. The van der Waals surface area contributed by atoms with Crippen LogP contribution in [0.1, 0.15) is 276 Å². The first kappa shape index (κ1) is 100. The maximum absolute atomic E-state index is 10.4. The molecule has 12 aromatic carbocycles. The number of phenolic OH excluding ortho intramolecular Hbond substituents is 6. The lowest BCUT2D eigenvalue weighted by Gasteiger charge is -2.39. The predicted octanol–water partition coefficient (Wildman–Crippen LogP) is 26.4. The first-order chi connectivity index (χ1) is 69.5. The monoisotopic (exact) mass is 1960 g/mol. The minimum absolute atomic E-state index is 0.0344. The maximum atomic E-state index is 10.4. The van der Waals surface area contributed by atoms with Crippen LogP contribution in [0, 0.1) is 6.92 Å². The SMILES string of the molecule is CC1(C)CCc2c(ccc3c2OCC(c2ccc(O)cc2)C3)O1.CC1(C)CCc2c(ccc3c2OCC(c2cccc(O)c2)C3)O1.CC1(C)CCc2c(ccc3c2OCC(c2ccccc2O)C3)O1.CCC1(CC)CCc2c(ccc3c2OCC(c2ccc(OC)cc2O)C3)O1.COc1ccc(O)c(C2COc3c(ccc4c3CCC(C)(C)O4)C2)c1.Cc1ccc(O)c(C2COc3c(ccc4c3CCC(C)(C)O4)C2)c1. The Bertz CT molecular complexity index is 6740. The highest BCUT2D eigenvalue weighted by molar-refractivity contribution is 5.61. The topological polar surface area (TPSA) is 251 Å². The van der Waals surface area contributed by atoms with Gasteiger partial charge < -0.3 is 97.0 Å². The second-order valence-electron chi connectivity index (χ2n) is 44.4. The van der Waals surface area contributed by atoms with E-state index in [1.807, 2.05) is 66.7 Å². The number of hydrogen-bond donors (Lipinski definition) is 6. The Kier molecular flexibility index (Phi) is 28.6. The number of fused-ring (bicyclic) bond motifs is 18. The van der Waals surface area contributed by atoms with Gasteiger partial charge in [-0.2, -0.15) is 0 Å². The van der Waals surface area contributed by atoms with Gasteiger partial charge in [0.05, 0.1) is 53.9 Å². The van der Waals surface area contributed by atoms with E-state index < -0.39 is 0 Å². The van der Waals surface area contributed by atoms with E-state index in [1.54, 1.807) is 62.8 Å². The molecule has 6 unspecified atom stereocenters. The molecule has 0 fully saturated rings. The minimum atomic E-state index is -0.120. The quantitative estimate of drug-likeness (QED) is 0.0744. The van der Waals surface area contributed by atoms with Crippen LogP contribution in [0.25, 0.3) is 0 Å². The molecule has 0 saturated carbocycles. The third-order valence-electron chi connectivity index (χ3n) is 31.5. The van der Waals surface area contributed by atoms with Gasteiger partial charge in [0, 0.05) is 97.2 Å². The van der Waals surface area contributed by atoms with Gasteiger partial charge in [0.25, 0.3) is 0 Å². The number of benzene rings is 12. The Balaban J connectivity index is 0.000000110. The van der Waals surface area contributed by atoms with Crippen molar-refractivity contribution in [3.8, 4) is 115 Å². The molecular formula is C125H142O20. The van der Waals surface area contributed by atoms with E-state index in [4.69, 9.17) is 66.3 Å². The Hall–Kier alpha value is -13.4. The lowest BCUT2D eigenvalue weighted by atomic mass is 9.83. The smallest absolute Gasteiger partial charge is 0.129 e. The standard InChI is InChI=1S/C23H28O4.C21H24O4.C21H24O3.3C20H22O3/c1-4-23(5-2)11-10-19-21(27-23)9-6-15-12-16(14-26-22(15)19)18-8-7-17(25-3)13-20(18)24;1-21(2)9-8-16-19(25-21)7-4-13-10-14(12-24-20(13)16)17-11-15(23-3)5-6-18(17)22;1-13-4-6-18(22)17(10-13)15-11-14-5-7-19-16(20(14)23-12-15)8-9-21(2,3)24-19;1-20(2)10-9-17-18(23-20)8-5-14-11-15(12-22-19(14)17)13-3-6-16(21)7-4-13;1-20(2)9-8-17-18(23-20)7-6-14-10-15(12-22-19(14)17)13-4-3-5-16(21)11-13;1-20(2)10-9-16-18(23-20)8-7-13-11-14(12-22-19(13)16)15-5-3-4-6-17(15)21/h6-9,13,16,24H,4-5,10-12,14H2,1-3H3;4-7,11,14,22H,8-10,12H2,1-3H3;4-7,10,15,22H,8-9,11-12H2,1-3H3;3-8,15,21H,9-12H2,1-2H3;3-7,11,15,21H,8-10,12H2,1-2H3;3-8,14,21H,9-12H2,1-2H3. The molecule has 762 valence electrons. The van der Waals surface area contributed by atoms with Crippen molar-refractivity contribution in [2.45, 2.75) is 288 Å². The van der Waals surface area contributed by atoms with Gasteiger partial charge >= 0.3 is 0 Å². The number of methoxy groups -OCH3 is 2. The lowest BCUT2D eigenvalue weighted by Crippen LogP contribution is -2.38. The minimum Gasteiger partial charge on any atom is -0.508 e. The number of hydrogen-bond acceptors (Lipinski definition) is 20. The highest BCUT2D eigenvalue weighted by Crippen LogP contribution is 2.54. The first-order valence-corrected chi connectivity index (χ1v) is 52.2. The Morgan fingerprint density at radius 2 is 0.586 bits per heavy atom. The van der Waals surface area contributed by atoms with Crippen molar-refractivity contribution in [1.29, 1.82) is 0 Å². The normalized spacial score (nSPS) is 21.1. The summed E-state index contributed by atoms with van der Waals surface area (Å²) >= 11 is 0. The molecule has 0 amide bonds. The highest BCUT2D eigenvalue weighted by Gasteiger charge is 2.42. The second kappa shape index (κ2) is 41.3. The van der Waals surface area contributed by atoms with Gasteiger partial charge in [-0.3, -0.25) is 0 Å². The average Bonchev–Trinajstić information content (AvgIpc) is 0.685. The van der Waals surface area contributed by atoms with E-state index in [-0.39, 0.29) is 68.9 Å². The molecule has 12 aliphatic rings. The summed E-state index contributed by atoms with van der Waals surface area (Å²) in [4.78, 5) is 0. The summed E-state index contributed by atoms with van der Waals surface area (Å²) in [5, 5.41) is 60.0. The molecule has 0 aromatic heterocycles. The van der Waals surface area contributed by atoms with E-state index in [9.17, 15) is 30.6 Å². The van der Waals surface area contributed by atoms with Gasteiger partial charge in [-0.25, -0.2) is 0 Å². The fraction of sp³-hybridized carbons (Fsp3) is 0.424. The predicted molar refractivity (Wildman–Crippen MR) is 564 cm³/mol. The number of ether oxygens (including phenoxy) is 14. The van der Waals surface area contributed by atoms with E-state index >= 15 is 0 Å².